The minimum absolute atomic E-state index is 0.133. The molecule has 0 aliphatic rings. The number of primary amides is 1. The lowest BCUT2D eigenvalue weighted by molar-refractivity contribution is -0.148. The first-order valence-corrected chi connectivity index (χ1v) is 5.56. The summed E-state index contributed by atoms with van der Waals surface area (Å²) in [6.07, 6.45) is 0.615. The number of carbonyl (C=O) groups excluding carboxylic acids is 3. The van der Waals surface area contributed by atoms with E-state index in [9.17, 15) is 14.4 Å². The van der Waals surface area contributed by atoms with Crippen LogP contribution in [0, 0.1) is 0 Å². The summed E-state index contributed by atoms with van der Waals surface area (Å²) in [7, 11) is 0. The second kappa shape index (κ2) is 7.00. The fourth-order valence-corrected chi connectivity index (χ4v) is 1.32. The minimum Gasteiger partial charge on any atom is -0.456 e. The number of carbonyl (C=O) groups is 3. The van der Waals surface area contributed by atoms with Gasteiger partial charge in [0.25, 0.3) is 5.91 Å². The Bertz CT molecular complexity index is 470. The van der Waals surface area contributed by atoms with Crippen molar-refractivity contribution in [3.63, 3.8) is 0 Å². The van der Waals surface area contributed by atoms with Crippen LogP contribution < -0.4 is 16.8 Å². The van der Waals surface area contributed by atoms with Crippen LogP contribution in [0.15, 0.2) is 24.3 Å². The van der Waals surface area contributed by atoms with Crippen LogP contribution in [0.1, 0.15) is 12.0 Å². The predicted molar refractivity (Wildman–Crippen MR) is 67.9 cm³/mol. The zero-order chi connectivity index (χ0) is 14.3. The molecule has 0 saturated carbocycles. The lowest BCUT2D eigenvalue weighted by Gasteiger charge is -2.04. The van der Waals surface area contributed by atoms with Gasteiger partial charge in [-0.1, -0.05) is 12.1 Å². The van der Waals surface area contributed by atoms with Crippen molar-refractivity contribution in [2.75, 3.05) is 12.3 Å². The van der Waals surface area contributed by atoms with Crippen molar-refractivity contribution >= 4 is 23.6 Å². The number of urea groups is 1. The highest BCUT2D eigenvalue weighted by molar-refractivity contribution is 5.94. The molecular weight excluding hydrogens is 250 g/mol. The minimum atomic E-state index is -0.983. The second-order valence-electron chi connectivity index (χ2n) is 3.81. The molecular formula is C12H15N3O4. The number of imide groups is 1. The number of amides is 3. The smallest absolute Gasteiger partial charge is 0.318 e. The van der Waals surface area contributed by atoms with Crippen LogP contribution in [0.5, 0.6) is 0 Å². The lowest BCUT2D eigenvalue weighted by atomic mass is 10.1. The van der Waals surface area contributed by atoms with Gasteiger partial charge in [0.05, 0.1) is 0 Å². The van der Waals surface area contributed by atoms with E-state index in [0.717, 1.165) is 5.56 Å². The summed E-state index contributed by atoms with van der Waals surface area (Å²) in [4.78, 5) is 32.6. The first-order chi connectivity index (χ1) is 8.97. The summed E-state index contributed by atoms with van der Waals surface area (Å²) < 4.78 is 4.67. The van der Waals surface area contributed by atoms with E-state index < -0.39 is 24.5 Å². The Morgan fingerprint density at radius 3 is 2.37 bits per heavy atom. The SMILES string of the molecule is NC(=O)NC(=O)COC(=O)CCc1ccc(N)cc1. The van der Waals surface area contributed by atoms with Gasteiger partial charge in [0.1, 0.15) is 0 Å². The number of anilines is 1. The van der Waals surface area contributed by atoms with Gasteiger partial charge >= 0.3 is 12.0 Å². The summed E-state index contributed by atoms with van der Waals surface area (Å²) in [5.41, 5.74) is 11.8. The third-order valence-electron chi connectivity index (χ3n) is 2.22. The van der Waals surface area contributed by atoms with Crippen molar-refractivity contribution in [2.24, 2.45) is 5.73 Å². The van der Waals surface area contributed by atoms with Crippen molar-refractivity contribution in [3.8, 4) is 0 Å². The summed E-state index contributed by atoms with van der Waals surface area (Å²) in [6.45, 7) is -0.524. The van der Waals surface area contributed by atoms with Gasteiger partial charge < -0.3 is 16.2 Å². The molecule has 19 heavy (non-hydrogen) atoms. The second-order valence-corrected chi connectivity index (χ2v) is 3.81. The Morgan fingerprint density at radius 1 is 1.16 bits per heavy atom. The summed E-state index contributed by atoms with van der Waals surface area (Å²) >= 11 is 0. The summed E-state index contributed by atoms with van der Waals surface area (Å²) in [5.74, 6) is -1.29. The maximum absolute atomic E-state index is 11.3. The Hall–Kier alpha value is -2.57. The number of ether oxygens (including phenoxy) is 1. The number of benzene rings is 1. The van der Waals surface area contributed by atoms with E-state index in [2.05, 4.69) is 4.74 Å². The Labute approximate surface area is 109 Å². The predicted octanol–water partition coefficient (Wildman–Crippen LogP) is -0.0605. The standard InChI is InChI=1S/C12H15N3O4/c13-9-4-1-8(2-5-9)3-6-11(17)19-7-10(16)15-12(14)18/h1-2,4-5H,3,6-7,13H2,(H3,14,15,16,18). The fraction of sp³-hybridized carbons (Fsp3) is 0.250. The van der Waals surface area contributed by atoms with E-state index in [1.165, 1.54) is 0 Å². The highest BCUT2D eigenvalue weighted by Crippen LogP contribution is 2.07. The highest BCUT2D eigenvalue weighted by Gasteiger charge is 2.09. The molecule has 1 rings (SSSR count). The van der Waals surface area contributed by atoms with E-state index >= 15 is 0 Å². The molecule has 5 N–H and O–H groups in total. The average Bonchev–Trinajstić information content (AvgIpc) is 2.35. The van der Waals surface area contributed by atoms with Crippen LogP contribution in [0.25, 0.3) is 0 Å². The Balaban J connectivity index is 2.26. The molecule has 0 atom stereocenters. The van der Waals surface area contributed by atoms with Crippen LogP contribution in [-0.4, -0.2) is 24.5 Å². The maximum atomic E-state index is 11.3. The van der Waals surface area contributed by atoms with Gasteiger partial charge in [-0.2, -0.15) is 0 Å². The number of rotatable bonds is 5. The topological polar surface area (TPSA) is 125 Å². The molecule has 1 aromatic rings. The van der Waals surface area contributed by atoms with E-state index in [1.807, 2.05) is 12.1 Å². The molecule has 0 aromatic heterocycles. The van der Waals surface area contributed by atoms with Gasteiger partial charge in [-0.25, -0.2) is 4.79 Å². The number of esters is 1. The molecule has 3 amide bonds. The van der Waals surface area contributed by atoms with E-state index in [-0.39, 0.29) is 6.42 Å². The van der Waals surface area contributed by atoms with Crippen LogP contribution in [0.4, 0.5) is 10.5 Å². The third kappa shape index (κ3) is 6.06. The van der Waals surface area contributed by atoms with Crippen molar-refractivity contribution in [1.82, 2.24) is 5.32 Å². The summed E-state index contributed by atoms with van der Waals surface area (Å²) in [5, 5.41) is 1.79. The zero-order valence-electron chi connectivity index (χ0n) is 10.2. The molecule has 0 bridgehead atoms. The third-order valence-corrected chi connectivity index (χ3v) is 2.22. The lowest BCUT2D eigenvalue weighted by Crippen LogP contribution is -2.37. The van der Waals surface area contributed by atoms with Crippen LogP contribution in [0.3, 0.4) is 0 Å². The van der Waals surface area contributed by atoms with Gasteiger partial charge in [-0.3, -0.25) is 14.9 Å². The summed E-state index contributed by atoms with van der Waals surface area (Å²) in [6, 6.07) is 6.11. The fourth-order valence-electron chi connectivity index (χ4n) is 1.32. The van der Waals surface area contributed by atoms with Crippen molar-refractivity contribution in [3.05, 3.63) is 29.8 Å². The highest BCUT2D eigenvalue weighted by atomic mass is 16.5. The maximum Gasteiger partial charge on any atom is 0.318 e. The monoisotopic (exact) mass is 265 g/mol. The Kier molecular flexibility index (Phi) is 5.34. The molecule has 7 heteroatoms. The number of nitrogens with one attached hydrogen (secondary N) is 1. The average molecular weight is 265 g/mol. The molecule has 0 saturated heterocycles. The van der Waals surface area contributed by atoms with Crippen LogP contribution in [-0.2, 0) is 20.7 Å². The first kappa shape index (κ1) is 14.5. The number of hydrogen-bond donors (Lipinski definition) is 3. The number of aryl methyl sites for hydroxylation is 1. The van der Waals surface area contributed by atoms with E-state index in [0.29, 0.717) is 12.1 Å². The van der Waals surface area contributed by atoms with Gasteiger partial charge in [0.2, 0.25) is 0 Å². The zero-order valence-corrected chi connectivity index (χ0v) is 10.2. The normalized spacial score (nSPS) is 9.68. The molecule has 1 aromatic carbocycles. The molecule has 0 fully saturated rings. The molecule has 0 aliphatic carbocycles. The van der Waals surface area contributed by atoms with Crippen molar-refractivity contribution in [1.29, 1.82) is 0 Å². The molecule has 0 heterocycles. The molecule has 0 radical (unpaired) electrons. The Morgan fingerprint density at radius 2 is 1.79 bits per heavy atom. The number of nitrogens with two attached hydrogens (primary N) is 2. The molecule has 0 spiro atoms. The molecule has 0 aliphatic heterocycles. The number of hydrogen-bond acceptors (Lipinski definition) is 5. The first-order valence-electron chi connectivity index (χ1n) is 5.56. The van der Waals surface area contributed by atoms with Crippen molar-refractivity contribution in [2.45, 2.75) is 12.8 Å². The largest absolute Gasteiger partial charge is 0.456 e. The number of nitrogen functional groups attached to an aromatic ring is 1. The van der Waals surface area contributed by atoms with Crippen LogP contribution in [0.2, 0.25) is 0 Å². The van der Waals surface area contributed by atoms with E-state index in [4.69, 9.17) is 11.5 Å². The molecule has 7 nitrogen and oxygen atoms in total. The molecule has 0 unspecified atom stereocenters. The van der Waals surface area contributed by atoms with E-state index in [1.54, 1.807) is 17.4 Å². The van der Waals surface area contributed by atoms with Crippen molar-refractivity contribution < 1.29 is 19.1 Å². The quantitative estimate of drug-likeness (QED) is 0.508. The molecule has 102 valence electrons. The van der Waals surface area contributed by atoms with Gasteiger partial charge in [-0.05, 0) is 24.1 Å². The van der Waals surface area contributed by atoms with Gasteiger partial charge in [-0.15, -0.1) is 0 Å². The van der Waals surface area contributed by atoms with Crippen LogP contribution >= 0.6 is 0 Å². The van der Waals surface area contributed by atoms with Gasteiger partial charge in [0, 0.05) is 12.1 Å². The van der Waals surface area contributed by atoms with Gasteiger partial charge in [0.15, 0.2) is 6.61 Å².